The molecule has 1 aromatic carbocycles. The fourth-order valence-corrected chi connectivity index (χ4v) is 2.87. The molecule has 0 radical (unpaired) electrons. The highest BCUT2D eigenvalue weighted by atomic mass is 79.9. The first-order valence-electron chi connectivity index (χ1n) is 6.25. The van der Waals surface area contributed by atoms with Crippen LogP contribution < -0.4 is 4.90 Å². The summed E-state index contributed by atoms with van der Waals surface area (Å²) < 4.78 is 1.05. The Bertz CT molecular complexity index is 756. The zero-order chi connectivity index (χ0) is 14.8. The maximum absolute atomic E-state index is 4.26. The summed E-state index contributed by atoms with van der Waals surface area (Å²) in [4.78, 5) is 10.3. The molecular formula is C14H12BrN5S. The standard InChI is InChI=1S/C14H12BrN5S/c1-9-7-12(17-8-16-9)20(2)14-19-18-13(21-14)10-3-5-11(15)6-4-10/h3-8H,1-2H3. The third kappa shape index (κ3) is 3.08. The Kier molecular flexibility index (Phi) is 3.94. The van der Waals surface area contributed by atoms with Crippen molar-refractivity contribution in [2.45, 2.75) is 6.92 Å². The second kappa shape index (κ2) is 5.87. The van der Waals surface area contributed by atoms with E-state index < -0.39 is 0 Å². The number of halogens is 1. The maximum Gasteiger partial charge on any atom is 0.213 e. The summed E-state index contributed by atoms with van der Waals surface area (Å²) in [7, 11) is 1.92. The molecule has 0 aliphatic heterocycles. The van der Waals surface area contributed by atoms with Crippen molar-refractivity contribution in [2.75, 3.05) is 11.9 Å². The molecule has 0 saturated heterocycles. The van der Waals surface area contributed by atoms with Gasteiger partial charge in [-0.05, 0) is 19.1 Å². The summed E-state index contributed by atoms with van der Waals surface area (Å²) in [5.74, 6) is 0.806. The third-order valence-electron chi connectivity index (χ3n) is 2.93. The number of benzene rings is 1. The van der Waals surface area contributed by atoms with E-state index in [0.29, 0.717) is 0 Å². The molecule has 0 fully saturated rings. The van der Waals surface area contributed by atoms with Gasteiger partial charge in [-0.1, -0.05) is 39.4 Å². The van der Waals surface area contributed by atoms with Crippen molar-refractivity contribution in [2.24, 2.45) is 0 Å². The lowest BCUT2D eigenvalue weighted by atomic mass is 10.2. The number of anilines is 2. The van der Waals surface area contributed by atoms with Crippen LogP contribution in [0.2, 0.25) is 0 Å². The van der Waals surface area contributed by atoms with Crippen molar-refractivity contribution in [1.29, 1.82) is 0 Å². The lowest BCUT2D eigenvalue weighted by Crippen LogP contribution is -2.11. The Morgan fingerprint density at radius 3 is 2.57 bits per heavy atom. The van der Waals surface area contributed by atoms with Crippen LogP contribution in [-0.4, -0.2) is 27.2 Å². The van der Waals surface area contributed by atoms with Crippen LogP contribution in [-0.2, 0) is 0 Å². The van der Waals surface area contributed by atoms with Crippen LogP contribution in [0, 0.1) is 6.92 Å². The molecule has 7 heteroatoms. The molecule has 106 valence electrons. The van der Waals surface area contributed by atoms with E-state index in [1.54, 1.807) is 6.33 Å². The van der Waals surface area contributed by atoms with Gasteiger partial charge in [0.2, 0.25) is 5.13 Å². The van der Waals surface area contributed by atoms with Gasteiger partial charge in [-0.15, -0.1) is 10.2 Å². The fraction of sp³-hybridized carbons (Fsp3) is 0.143. The molecule has 0 bridgehead atoms. The van der Waals surface area contributed by atoms with Gasteiger partial charge >= 0.3 is 0 Å². The second-order valence-electron chi connectivity index (χ2n) is 4.47. The van der Waals surface area contributed by atoms with Gasteiger partial charge in [0, 0.05) is 28.8 Å². The molecule has 0 saturated carbocycles. The van der Waals surface area contributed by atoms with Crippen LogP contribution in [0.5, 0.6) is 0 Å². The first kappa shape index (κ1) is 14.1. The normalized spacial score (nSPS) is 10.6. The average molecular weight is 362 g/mol. The summed E-state index contributed by atoms with van der Waals surface area (Å²) in [6.45, 7) is 1.94. The van der Waals surface area contributed by atoms with E-state index in [9.17, 15) is 0 Å². The summed E-state index contributed by atoms with van der Waals surface area (Å²) in [6.07, 6.45) is 1.55. The van der Waals surface area contributed by atoms with Crippen LogP contribution in [0.3, 0.4) is 0 Å². The van der Waals surface area contributed by atoms with Gasteiger partial charge in [0.1, 0.15) is 17.2 Å². The highest BCUT2D eigenvalue weighted by Gasteiger charge is 2.13. The number of nitrogens with zero attached hydrogens (tertiary/aromatic N) is 5. The summed E-state index contributed by atoms with van der Waals surface area (Å²) >= 11 is 4.96. The molecule has 3 rings (SSSR count). The molecule has 0 atom stereocenters. The number of hydrogen-bond donors (Lipinski definition) is 0. The van der Waals surface area contributed by atoms with Crippen LogP contribution in [0.25, 0.3) is 10.6 Å². The fourth-order valence-electron chi connectivity index (χ4n) is 1.78. The lowest BCUT2D eigenvalue weighted by Gasteiger charge is -2.13. The van der Waals surface area contributed by atoms with Crippen molar-refractivity contribution in [1.82, 2.24) is 20.2 Å². The zero-order valence-electron chi connectivity index (χ0n) is 11.5. The van der Waals surface area contributed by atoms with E-state index >= 15 is 0 Å². The number of aromatic nitrogens is 4. The first-order chi connectivity index (χ1) is 10.1. The average Bonchev–Trinajstić information content (AvgIpc) is 2.97. The topological polar surface area (TPSA) is 54.8 Å². The SMILES string of the molecule is Cc1cc(N(C)c2nnc(-c3ccc(Br)cc3)s2)ncn1. The Balaban J connectivity index is 1.89. The predicted octanol–water partition coefficient (Wildman–Crippen LogP) is 3.83. The van der Waals surface area contributed by atoms with E-state index in [4.69, 9.17) is 0 Å². The third-order valence-corrected chi connectivity index (χ3v) is 4.50. The lowest BCUT2D eigenvalue weighted by molar-refractivity contribution is 1.00. The van der Waals surface area contributed by atoms with Gasteiger partial charge in [-0.25, -0.2) is 9.97 Å². The summed E-state index contributed by atoms with van der Waals surface area (Å²) in [5, 5.41) is 10.2. The highest BCUT2D eigenvalue weighted by Crippen LogP contribution is 2.31. The minimum atomic E-state index is 0.797. The quantitative estimate of drug-likeness (QED) is 0.709. The Morgan fingerprint density at radius 2 is 1.86 bits per heavy atom. The van der Waals surface area contributed by atoms with Crippen LogP contribution in [0.4, 0.5) is 10.9 Å². The smallest absolute Gasteiger partial charge is 0.213 e. The van der Waals surface area contributed by atoms with Crippen molar-refractivity contribution < 1.29 is 0 Å². The van der Waals surface area contributed by atoms with Gasteiger partial charge in [0.15, 0.2) is 0 Å². The Morgan fingerprint density at radius 1 is 1.10 bits per heavy atom. The van der Waals surface area contributed by atoms with Crippen molar-refractivity contribution in [3.05, 3.63) is 46.8 Å². The van der Waals surface area contributed by atoms with Crippen molar-refractivity contribution in [3.8, 4) is 10.6 Å². The van der Waals surface area contributed by atoms with E-state index in [2.05, 4.69) is 36.1 Å². The van der Waals surface area contributed by atoms with Crippen molar-refractivity contribution >= 4 is 38.2 Å². The monoisotopic (exact) mass is 361 g/mol. The molecule has 2 aromatic heterocycles. The maximum atomic E-state index is 4.26. The molecule has 0 N–H and O–H groups in total. The van der Waals surface area contributed by atoms with Gasteiger partial charge in [-0.3, -0.25) is 0 Å². The zero-order valence-corrected chi connectivity index (χ0v) is 13.9. The molecule has 2 heterocycles. The van der Waals surface area contributed by atoms with Crippen LogP contribution in [0.1, 0.15) is 5.69 Å². The van der Waals surface area contributed by atoms with E-state index in [1.165, 1.54) is 11.3 Å². The first-order valence-corrected chi connectivity index (χ1v) is 7.86. The van der Waals surface area contributed by atoms with Gasteiger partial charge < -0.3 is 4.90 Å². The largest absolute Gasteiger partial charge is 0.304 e. The van der Waals surface area contributed by atoms with Crippen LogP contribution >= 0.6 is 27.3 Å². The molecule has 0 amide bonds. The minimum absolute atomic E-state index is 0.797. The molecule has 0 unspecified atom stereocenters. The van der Waals surface area contributed by atoms with Gasteiger partial charge in [-0.2, -0.15) is 0 Å². The van der Waals surface area contributed by atoms with E-state index in [0.717, 1.165) is 31.7 Å². The predicted molar refractivity (Wildman–Crippen MR) is 87.9 cm³/mol. The molecule has 0 aliphatic rings. The number of rotatable bonds is 3. The van der Waals surface area contributed by atoms with Gasteiger partial charge in [0.05, 0.1) is 0 Å². The van der Waals surface area contributed by atoms with E-state index in [1.807, 2.05) is 49.2 Å². The molecular weight excluding hydrogens is 350 g/mol. The Hall–Kier alpha value is -1.86. The minimum Gasteiger partial charge on any atom is -0.304 e. The summed E-state index contributed by atoms with van der Waals surface area (Å²) in [5.41, 5.74) is 1.97. The van der Waals surface area contributed by atoms with Crippen molar-refractivity contribution in [3.63, 3.8) is 0 Å². The summed E-state index contributed by atoms with van der Waals surface area (Å²) in [6, 6.07) is 9.94. The van der Waals surface area contributed by atoms with Gasteiger partial charge in [0.25, 0.3) is 0 Å². The highest BCUT2D eigenvalue weighted by molar-refractivity contribution is 9.10. The number of aryl methyl sites for hydroxylation is 1. The Labute approximate surface area is 134 Å². The molecule has 21 heavy (non-hydrogen) atoms. The molecule has 5 nitrogen and oxygen atoms in total. The molecule has 0 spiro atoms. The molecule has 3 aromatic rings. The number of hydrogen-bond acceptors (Lipinski definition) is 6. The van der Waals surface area contributed by atoms with E-state index in [-0.39, 0.29) is 0 Å². The molecule has 0 aliphatic carbocycles. The second-order valence-corrected chi connectivity index (χ2v) is 6.34. The van der Waals surface area contributed by atoms with Crippen LogP contribution in [0.15, 0.2) is 41.1 Å².